The van der Waals surface area contributed by atoms with E-state index in [1.807, 2.05) is 0 Å². The molecule has 0 rings (SSSR count). The van der Waals surface area contributed by atoms with Crippen molar-refractivity contribution in [3.05, 3.63) is 0 Å². The first kappa shape index (κ1) is 10.9. The molecular formula is C7H14O3S. The summed E-state index contributed by atoms with van der Waals surface area (Å²) in [5.74, 6) is -0.353. The zero-order valence-corrected chi connectivity index (χ0v) is 7.58. The molecule has 0 aromatic heterocycles. The molecule has 0 saturated heterocycles. The number of rotatable bonds is 4. The number of hydrogen-bond acceptors (Lipinski definition) is 4. The fourth-order valence-corrected chi connectivity index (χ4v) is 0.951. The molecule has 3 atom stereocenters. The minimum absolute atomic E-state index is 0.353. The standard InChI is InChI=1S/C7H14O3S/c1-5(6(11)3-8)7(2,10)4-9/h3,5-6,9-11H,4H2,1-2H3/t5?,6-,7?/m0/s1. The van der Waals surface area contributed by atoms with Crippen LogP contribution < -0.4 is 0 Å². The highest BCUT2D eigenvalue weighted by Crippen LogP contribution is 2.21. The summed E-state index contributed by atoms with van der Waals surface area (Å²) in [5, 5.41) is 17.6. The van der Waals surface area contributed by atoms with Crippen LogP contribution in [0.2, 0.25) is 0 Å². The number of aliphatic hydroxyl groups is 2. The first-order valence-electron chi connectivity index (χ1n) is 3.42. The Bertz CT molecular complexity index is 136. The summed E-state index contributed by atoms with van der Waals surface area (Å²) in [6, 6.07) is 0. The third-order valence-electron chi connectivity index (χ3n) is 1.95. The summed E-state index contributed by atoms with van der Waals surface area (Å²) >= 11 is 3.93. The van der Waals surface area contributed by atoms with Crippen molar-refractivity contribution in [3.63, 3.8) is 0 Å². The monoisotopic (exact) mass is 178 g/mol. The summed E-state index contributed by atoms with van der Waals surface area (Å²) in [4.78, 5) is 10.2. The molecule has 0 aromatic rings. The second-order valence-electron chi connectivity index (χ2n) is 2.93. The highest BCUT2D eigenvalue weighted by Gasteiger charge is 2.31. The second-order valence-corrected chi connectivity index (χ2v) is 3.53. The molecule has 3 nitrogen and oxygen atoms in total. The molecule has 0 aromatic carbocycles. The van der Waals surface area contributed by atoms with Crippen molar-refractivity contribution in [2.24, 2.45) is 5.92 Å². The lowest BCUT2D eigenvalue weighted by atomic mass is 9.89. The molecule has 66 valence electrons. The number of aliphatic hydroxyl groups excluding tert-OH is 1. The SMILES string of the molecule is CC([C@@H](S)C=O)C(C)(O)CO. The molecule has 0 aliphatic heterocycles. The number of hydrogen-bond donors (Lipinski definition) is 3. The summed E-state index contributed by atoms with van der Waals surface area (Å²) in [7, 11) is 0. The van der Waals surface area contributed by atoms with Crippen LogP contribution in [0.25, 0.3) is 0 Å². The van der Waals surface area contributed by atoms with Gasteiger partial charge in [0, 0.05) is 5.92 Å². The van der Waals surface area contributed by atoms with Gasteiger partial charge in [0.2, 0.25) is 0 Å². The van der Waals surface area contributed by atoms with E-state index in [0.717, 1.165) is 0 Å². The fraction of sp³-hybridized carbons (Fsp3) is 0.857. The number of carbonyl (C=O) groups excluding carboxylic acids is 1. The predicted molar refractivity (Wildman–Crippen MR) is 45.7 cm³/mol. The van der Waals surface area contributed by atoms with E-state index < -0.39 is 10.9 Å². The quantitative estimate of drug-likeness (QED) is 0.415. The van der Waals surface area contributed by atoms with Crippen LogP contribution in [-0.4, -0.2) is 34.0 Å². The molecule has 0 spiro atoms. The van der Waals surface area contributed by atoms with E-state index in [0.29, 0.717) is 6.29 Å². The second kappa shape index (κ2) is 4.09. The first-order valence-corrected chi connectivity index (χ1v) is 3.94. The van der Waals surface area contributed by atoms with Crippen LogP contribution in [-0.2, 0) is 4.79 Å². The maximum absolute atomic E-state index is 10.2. The molecule has 0 saturated carbocycles. The fourth-order valence-electron chi connectivity index (χ4n) is 0.630. The Morgan fingerprint density at radius 3 is 2.45 bits per heavy atom. The molecule has 0 radical (unpaired) electrons. The smallest absolute Gasteiger partial charge is 0.133 e. The Hall–Kier alpha value is -0.0600. The average molecular weight is 178 g/mol. The molecule has 2 unspecified atom stereocenters. The van der Waals surface area contributed by atoms with Gasteiger partial charge in [-0.2, -0.15) is 12.6 Å². The van der Waals surface area contributed by atoms with Crippen LogP contribution in [0.3, 0.4) is 0 Å². The van der Waals surface area contributed by atoms with E-state index in [1.165, 1.54) is 6.92 Å². The molecule has 0 amide bonds. The Kier molecular flexibility index (Phi) is 4.07. The summed E-state index contributed by atoms with van der Waals surface area (Å²) in [5.41, 5.74) is -1.23. The number of aldehydes is 1. The normalized spacial score (nSPS) is 21.9. The van der Waals surface area contributed by atoms with Crippen molar-refractivity contribution in [1.29, 1.82) is 0 Å². The van der Waals surface area contributed by atoms with Crippen molar-refractivity contribution in [2.75, 3.05) is 6.61 Å². The van der Waals surface area contributed by atoms with Gasteiger partial charge in [-0.05, 0) is 6.92 Å². The Morgan fingerprint density at radius 2 is 2.18 bits per heavy atom. The van der Waals surface area contributed by atoms with E-state index in [1.54, 1.807) is 6.92 Å². The van der Waals surface area contributed by atoms with Crippen molar-refractivity contribution in [1.82, 2.24) is 0 Å². The lowest BCUT2D eigenvalue weighted by Gasteiger charge is -2.29. The zero-order valence-electron chi connectivity index (χ0n) is 6.69. The highest BCUT2D eigenvalue weighted by molar-refractivity contribution is 7.81. The van der Waals surface area contributed by atoms with Crippen LogP contribution in [0.1, 0.15) is 13.8 Å². The van der Waals surface area contributed by atoms with Gasteiger partial charge in [-0.15, -0.1) is 0 Å². The predicted octanol–water partition coefficient (Wildman–Crippen LogP) is -0.137. The summed E-state index contributed by atoms with van der Waals surface area (Å²) in [6.45, 7) is 2.78. The zero-order chi connectivity index (χ0) is 9.07. The Morgan fingerprint density at radius 1 is 1.73 bits per heavy atom. The van der Waals surface area contributed by atoms with Gasteiger partial charge in [-0.3, -0.25) is 0 Å². The van der Waals surface area contributed by atoms with Crippen LogP contribution >= 0.6 is 12.6 Å². The third-order valence-corrected chi connectivity index (χ3v) is 2.52. The molecule has 0 fully saturated rings. The number of thiol groups is 1. The van der Waals surface area contributed by atoms with Crippen molar-refractivity contribution in [2.45, 2.75) is 24.7 Å². The Balaban J connectivity index is 4.21. The van der Waals surface area contributed by atoms with Gasteiger partial charge in [0.15, 0.2) is 0 Å². The summed E-state index contributed by atoms with van der Waals surface area (Å²) in [6.07, 6.45) is 0.651. The molecular weight excluding hydrogens is 164 g/mol. The van der Waals surface area contributed by atoms with E-state index in [9.17, 15) is 9.90 Å². The van der Waals surface area contributed by atoms with Crippen molar-refractivity contribution in [3.8, 4) is 0 Å². The van der Waals surface area contributed by atoms with Crippen molar-refractivity contribution < 1.29 is 15.0 Å². The third kappa shape index (κ3) is 2.81. The van der Waals surface area contributed by atoms with Crippen LogP contribution in [0, 0.1) is 5.92 Å². The van der Waals surface area contributed by atoms with Gasteiger partial charge in [-0.25, -0.2) is 0 Å². The van der Waals surface area contributed by atoms with Gasteiger partial charge in [-0.1, -0.05) is 6.92 Å². The summed E-state index contributed by atoms with van der Waals surface area (Å²) < 4.78 is 0. The lowest BCUT2D eigenvalue weighted by molar-refractivity contribution is -0.111. The van der Waals surface area contributed by atoms with Gasteiger partial charge in [0.1, 0.15) is 6.29 Å². The first-order chi connectivity index (χ1) is 4.95. The maximum Gasteiger partial charge on any atom is 0.133 e. The molecule has 2 N–H and O–H groups in total. The molecule has 0 aliphatic rings. The maximum atomic E-state index is 10.2. The van der Waals surface area contributed by atoms with E-state index in [2.05, 4.69) is 12.6 Å². The van der Waals surface area contributed by atoms with Gasteiger partial charge < -0.3 is 15.0 Å². The van der Waals surface area contributed by atoms with E-state index >= 15 is 0 Å². The topological polar surface area (TPSA) is 57.5 Å². The van der Waals surface area contributed by atoms with Crippen LogP contribution in [0.5, 0.6) is 0 Å². The minimum Gasteiger partial charge on any atom is -0.393 e. The van der Waals surface area contributed by atoms with E-state index in [4.69, 9.17) is 5.11 Å². The Labute approximate surface area is 71.8 Å². The molecule has 4 heteroatoms. The largest absolute Gasteiger partial charge is 0.393 e. The molecule has 0 bridgehead atoms. The lowest BCUT2D eigenvalue weighted by Crippen LogP contribution is -2.41. The molecule has 0 aliphatic carbocycles. The minimum atomic E-state index is -1.23. The van der Waals surface area contributed by atoms with Crippen molar-refractivity contribution >= 4 is 18.9 Å². The van der Waals surface area contributed by atoms with Gasteiger partial charge in [0.05, 0.1) is 17.5 Å². The highest BCUT2D eigenvalue weighted by atomic mass is 32.1. The molecule has 0 heterocycles. The van der Waals surface area contributed by atoms with Crippen LogP contribution in [0.15, 0.2) is 0 Å². The number of carbonyl (C=O) groups is 1. The van der Waals surface area contributed by atoms with E-state index in [-0.39, 0.29) is 12.5 Å². The van der Waals surface area contributed by atoms with Crippen LogP contribution in [0.4, 0.5) is 0 Å². The molecule has 11 heavy (non-hydrogen) atoms. The van der Waals surface area contributed by atoms with Gasteiger partial charge in [0.25, 0.3) is 0 Å². The average Bonchev–Trinajstić information content (AvgIpc) is 2.01. The van der Waals surface area contributed by atoms with Gasteiger partial charge >= 0.3 is 0 Å².